The summed E-state index contributed by atoms with van der Waals surface area (Å²) in [5, 5.41) is 1.25. The Morgan fingerprint density at radius 3 is 2.50 bits per heavy atom. The van der Waals surface area contributed by atoms with Gasteiger partial charge in [0.2, 0.25) is 0 Å². The number of rotatable bonds is 3. The smallest absolute Gasteiger partial charge is 0.150 e. The van der Waals surface area contributed by atoms with Crippen LogP contribution in [0.15, 0.2) is 60.8 Å². The van der Waals surface area contributed by atoms with E-state index < -0.39 is 0 Å². The Bertz CT molecular complexity index is 680. The van der Waals surface area contributed by atoms with E-state index in [0.29, 0.717) is 0 Å². The minimum absolute atomic E-state index is 0.719. The number of carbonyl (C=O) groups excluding carboxylic acids is 1. The van der Waals surface area contributed by atoms with E-state index in [1.807, 2.05) is 36.4 Å². The number of hydrogen-bond acceptors (Lipinski definition) is 1. The molecular formula is C16H13NO. The van der Waals surface area contributed by atoms with E-state index in [9.17, 15) is 4.79 Å². The van der Waals surface area contributed by atoms with Gasteiger partial charge >= 0.3 is 0 Å². The molecule has 18 heavy (non-hydrogen) atoms. The van der Waals surface area contributed by atoms with Gasteiger partial charge in [-0.25, -0.2) is 0 Å². The first-order valence-electron chi connectivity index (χ1n) is 5.95. The standard InChI is InChI=1S/C16H13NO/c18-12-14-7-5-13(6-8-14)11-17-10-9-15-3-1-2-4-16(15)17/h1-10,12H,11H2. The van der Waals surface area contributed by atoms with Crippen molar-refractivity contribution in [3.8, 4) is 0 Å². The molecule has 0 spiro atoms. The summed E-state index contributed by atoms with van der Waals surface area (Å²) in [6.45, 7) is 0.826. The van der Waals surface area contributed by atoms with Gasteiger partial charge in [0.15, 0.2) is 0 Å². The van der Waals surface area contributed by atoms with Gasteiger partial charge in [-0.3, -0.25) is 4.79 Å². The highest BCUT2D eigenvalue weighted by molar-refractivity contribution is 5.80. The summed E-state index contributed by atoms with van der Waals surface area (Å²) in [6, 6.07) is 18.2. The molecule has 1 heterocycles. The van der Waals surface area contributed by atoms with Crippen LogP contribution in [0.3, 0.4) is 0 Å². The van der Waals surface area contributed by atoms with Crippen LogP contribution in [0, 0.1) is 0 Å². The quantitative estimate of drug-likeness (QED) is 0.637. The molecule has 0 aliphatic rings. The van der Waals surface area contributed by atoms with Gasteiger partial charge in [-0.2, -0.15) is 0 Å². The molecule has 0 amide bonds. The number of aromatic nitrogens is 1. The van der Waals surface area contributed by atoms with Crippen molar-refractivity contribution in [2.75, 3.05) is 0 Å². The normalized spacial score (nSPS) is 10.7. The molecule has 0 fully saturated rings. The molecule has 88 valence electrons. The summed E-state index contributed by atoms with van der Waals surface area (Å²) in [6.07, 6.45) is 2.97. The zero-order valence-corrected chi connectivity index (χ0v) is 9.91. The topological polar surface area (TPSA) is 22.0 Å². The fourth-order valence-corrected chi connectivity index (χ4v) is 2.18. The summed E-state index contributed by atoms with van der Waals surface area (Å²) in [5.41, 5.74) is 3.15. The van der Waals surface area contributed by atoms with Crippen LogP contribution in [-0.2, 0) is 6.54 Å². The monoisotopic (exact) mass is 235 g/mol. The lowest BCUT2D eigenvalue weighted by Crippen LogP contribution is -1.97. The Balaban J connectivity index is 1.93. The van der Waals surface area contributed by atoms with Crippen LogP contribution in [-0.4, -0.2) is 10.9 Å². The number of nitrogens with zero attached hydrogens (tertiary/aromatic N) is 1. The van der Waals surface area contributed by atoms with Gasteiger partial charge in [0.05, 0.1) is 0 Å². The number of aldehydes is 1. The van der Waals surface area contributed by atoms with Crippen LogP contribution in [0.25, 0.3) is 10.9 Å². The lowest BCUT2D eigenvalue weighted by molar-refractivity contribution is 0.112. The molecule has 0 bridgehead atoms. The van der Waals surface area contributed by atoms with Crippen LogP contribution < -0.4 is 0 Å². The maximum Gasteiger partial charge on any atom is 0.150 e. The Morgan fingerprint density at radius 2 is 1.72 bits per heavy atom. The molecule has 0 aliphatic carbocycles. The lowest BCUT2D eigenvalue weighted by Gasteiger charge is -2.05. The zero-order chi connectivity index (χ0) is 12.4. The highest BCUT2D eigenvalue weighted by Gasteiger charge is 2.01. The van der Waals surface area contributed by atoms with Gasteiger partial charge in [-0.15, -0.1) is 0 Å². The van der Waals surface area contributed by atoms with Gasteiger partial charge < -0.3 is 4.57 Å². The minimum Gasteiger partial charge on any atom is -0.343 e. The van der Waals surface area contributed by atoms with Crippen LogP contribution in [0.5, 0.6) is 0 Å². The average molecular weight is 235 g/mol. The van der Waals surface area contributed by atoms with Gasteiger partial charge in [-0.1, -0.05) is 42.5 Å². The van der Waals surface area contributed by atoms with Crippen LogP contribution in [0.1, 0.15) is 15.9 Å². The van der Waals surface area contributed by atoms with E-state index in [1.165, 1.54) is 16.5 Å². The molecule has 2 heteroatoms. The molecule has 1 aromatic heterocycles. The second-order valence-corrected chi connectivity index (χ2v) is 4.36. The molecule has 0 N–H and O–H groups in total. The predicted octanol–water partition coefficient (Wildman–Crippen LogP) is 3.50. The number of benzene rings is 2. The van der Waals surface area contributed by atoms with E-state index in [1.54, 1.807) is 0 Å². The summed E-state index contributed by atoms with van der Waals surface area (Å²) in [7, 11) is 0. The maximum atomic E-state index is 10.6. The first-order valence-corrected chi connectivity index (χ1v) is 5.95. The highest BCUT2D eigenvalue weighted by atomic mass is 16.1. The zero-order valence-electron chi connectivity index (χ0n) is 9.91. The SMILES string of the molecule is O=Cc1ccc(Cn2ccc3ccccc32)cc1. The summed E-state index contributed by atoms with van der Waals surface area (Å²) in [5.74, 6) is 0. The fourth-order valence-electron chi connectivity index (χ4n) is 2.18. The van der Waals surface area contributed by atoms with Gasteiger partial charge in [-0.05, 0) is 23.1 Å². The van der Waals surface area contributed by atoms with Gasteiger partial charge in [0.1, 0.15) is 6.29 Å². The van der Waals surface area contributed by atoms with E-state index in [2.05, 4.69) is 29.0 Å². The van der Waals surface area contributed by atoms with Crippen molar-refractivity contribution in [3.05, 3.63) is 71.9 Å². The van der Waals surface area contributed by atoms with E-state index in [-0.39, 0.29) is 0 Å². The molecule has 2 aromatic carbocycles. The third-order valence-electron chi connectivity index (χ3n) is 3.15. The fraction of sp³-hybridized carbons (Fsp3) is 0.0625. The molecule has 3 rings (SSSR count). The van der Waals surface area contributed by atoms with Crippen molar-refractivity contribution in [3.63, 3.8) is 0 Å². The van der Waals surface area contributed by atoms with Crippen LogP contribution in [0.4, 0.5) is 0 Å². The number of fused-ring (bicyclic) bond motifs is 1. The highest BCUT2D eigenvalue weighted by Crippen LogP contribution is 2.16. The third kappa shape index (κ3) is 1.93. The van der Waals surface area contributed by atoms with Gasteiger partial charge in [0, 0.05) is 23.8 Å². The molecule has 0 radical (unpaired) electrons. The second kappa shape index (κ2) is 4.49. The molecule has 0 saturated carbocycles. The minimum atomic E-state index is 0.719. The Kier molecular flexibility index (Phi) is 2.69. The summed E-state index contributed by atoms with van der Waals surface area (Å²) >= 11 is 0. The van der Waals surface area contributed by atoms with Crippen LogP contribution in [0.2, 0.25) is 0 Å². The van der Waals surface area contributed by atoms with E-state index >= 15 is 0 Å². The molecule has 0 atom stereocenters. The molecular weight excluding hydrogens is 222 g/mol. The predicted molar refractivity (Wildman–Crippen MR) is 72.9 cm³/mol. The lowest BCUT2D eigenvalue weighted by atomic mass is 10.1. The van der Waals surface area contributed by atoms with Crippen molar-refractivity contribution < 1.29 is 4.79 Å². The Morgan fingerprint density at radius 1 is 0.944 bits per heavy atom. The first kappa shape index (κ1) is 10.8. The molecule has 0 saturated heterocycles. The average Bonchev–Trinajstić information content (AvgIpc) is 2.83. The van der Waals surface area contributed by atoms with E-state index in [0.717, 1.165) is 18.4 Å². The van der Waals surface area contributed by atoms with Crippen molar-refractivity contribution >= 4 is 17.2 Å². The second-order valence-electron chi connectivity index (χ2n) is 4.36. The third-order valence-corrected chi connectivity index (χ3v) is 3.15. The molecule has 3 aromatic rings. The largest absolute Gasteiger partial charge is 0.343 e. The Hall–Kier alpha value is -2.35. The number of hydrogen-bond donors (Lipinski definition) is 0. The number of carbonyl (C=O) groups is 1. The molecule has 0 aliphatic heterocycles. The van der Waals surface area contributed by atoms with Crippen molar-refractivity contribution in [2.24, 2.45) is 0 Å². The van der Waals surface area contributed by atoms with Crippen molar-refractivity contribution in [2.45, 2.75) is 6.54 Å². The summed E-state index contributed by atoms with van der Waals surface area (Å²) in [4.78, 5) is 10.6. The number of para-hydroxylation sites is 1. The maximum absolute atomic E-state index is 10.6. The van der Waals surface area contributed by atoms with Crippen molar-refractivity contribution in [1.82, 2.24) is 4.57 Å². The Labute approximate surface area is 105 Å². The molecule has 2 nitrogen and oxygen atoms in total. The summed E-state index contributed by atoms with van der Waals surface area (Å²) < 4.78 is 2.21. The first-order chi connectivity index (χ1) is 8.86. The molecule has 0 unspecified atom stereocenters. The van der Waals surface area contributed by atoms with Gasteiger partial charge in [0.25, 0.3) is 0 Å². The van der Waals surface area contributed by atoms with E-state index in [4.69, 9.17) is 0 Å². The van der Waals surface area contributed by atoms with Crippen molar-refractivity contribution in [1.29, 1.82) is 0 Å². The van der Waals surface area contributed by atoms with Crippen LogP contribution >= 0.6 is 0 Å².